The molecule has 2 N–H and O–H groups in total. The number of aromatic nitrogens is 1. The summed E-state index contributed by atoms with van der Waals surface area (Å²) in [6, 6.07) is 15.5. The van der Waals surface area contributed by atoms with Gasteiger partial charge in [0.05, 0.1) is 6.54 Å². The van der Waals surface area contributed by atoms with Crippen LogP contribution in [0.5, 0.6) is 0 Å². The van der Waals surface area contributed by atoms with Gasteiger partial charge in [0.1, 0.15) is 5.82 Å². The first-order valence-corrected chi connectivity index (χ1v) is 12.4. The summed E-state index contributed by atoms with van der Waals surface area (Å²) < 4.78 is 0. The molecule has 0 radical (unpaired) electrons. The van der Waals surface area contributed by atoms with E-state index in [0.717, 1.165) is 82.5 Å². The van der Waals surface area contributed by atoms with Gasteiger partial charge in [-0.05, 0) is 44.0 Å². The number of nitrogens with one attached hydrogen (secondary N) is 2. The van der Waals surface area contributed by atoms with Crippen LogP contribution in [0.25, 0.3) is 0 Å². The van der Waals surface area contributed by atoms with Crippen LogP contribution in [0.15, 0.2) is 53.7 Å². The van der Waals surface area contributed by atoms with Crippen LogP contribution in [0.3, 0.4) is 0 Å². The molecular weight excluding hydrogens is 410 g/mol. The molecule has 0 amide bonds. The number of hydrogen-bond donors (Lipinski definition) is 2. The summed E-state index contributed by atoms with van der Waals surface area (Å²) in [5.74, 6) is 1.98. The van der Waals surface area contributed by atoms with Gasteiger partial charge in [0.15, 0.2) is 5.96 Å². The van der Waals surface area contributed by atoms with E-state index < -0.39 is 0 Å². The predicted molar refractivity (Wildman–Crippen MR) is 137 cm³/mol. The molecule has 0 atom stereocenters. The Labute approximate surface area is 198 Å². The number of rotatable bonds is 7. The van der Waals surface area contributed by atoms with Crippen molar-refractivity contribution in [2.75, 3.05) is 57.8 Å². The number of likely N-dealkylation sites (tertiary alicyclic amines) is 1. The molecular formula is C26H39N7. The van der Waals surface area contributed by atoms with Crippen molar-refractivity contribution < 1.29 is 0 Å². The van der Waals surface area contributed by atoms with Gasteiger partial charge in [-0.3, -0.25) is 4.90 Å². The molecule has 7 nitrogen and oxygen atoms in total. The molecule has 178 valence electrons. The molecule has 0 unspecified atom stereocenters. The molecule has 3 heterocycles. The molecule has 7 heteroatoms. The number of piperazine rings is 1. The molecule has 2 saturated heterocycles. The van der Waals surface area contributed by atoms with Gasteiger partial charge in [0.25, 0.3) is 0 Å². The normalized spacial score (nSPS) is 19.0. The Morgan fingerprint density at radius 2 is 1.73 bits per heavy atom. The Bertz CT molecular complexity index is 852. The summed E-state index contributed by atoms with van der Waals surface area (Å²) in [7, 11) is 2.18. The molecule has 2 aliphatic heterocycles. The van der Waals surface area contributed by atoms with Gasteiger partial charge in [-0.1, -0.05) is 36.4 Å². The third-order valence-corrected chi connectivity index (χ3v) is 6.58. The number of pyridine rings is 1. The zero-order chi connectivity index (χ0) is 22.9. The fourth-order valence-electron chi connectivity index (χ4n) is 4.49. The van der Waals surface area contributed by atoms with E-state index in [1.54, 1.807) is 0 Å². The van der Waals surface area contributed by atoms with E-state index in [0.29, 0.717) is 12.6 Å². The topological polar surface area (TPSA) is 59.0 Å². The van der Waals surface area contributed by atoms with Gasteiger partial charge in [0.2, 0.25) is 0 Å². The average Bonchev–Trinajstić information content (AvgIpc) is 2.85. The molecule has 0 spiro atoms. The van der Waals surface area contributed by atoms with Crippen molar-refractivity contribution in [3.8, 4) is 0 Å². The number of nitrogens with zero attached hydrogens (tertiary/aromatic N) is 5. The molecule has 2 fully saturated rings. The van der Waals surface area contributed by atoms with E-state index >= 15 is 0 Å². The summed E-state index contributed by atoms with van der Waals surface area (Å²) in [6.45, 7) is 11.2. The first kappa shape index (κ1) is 23.5. The van der Waals surface area contributed by atoms with E-state index in [-0.39, 0.29) is 0 Å². The monoisotopic (exact) mass is 449 g/mol. The second-order valence-corrected chi connectivity index (χ2v) is 9.19. The summed E-state index contributed by atoms with van der Waals surface area (Å²) in [5.41, 5.74) is 2.54. The summed E-state index contributed by atoms with van der Waals surface area (Å²) in [4.78, 5) is 16.8. The van der Waals surface area contributed by atoms with Crippen LogP contribution in [0.4, 0.5) is 5.82 Å². The van der Waals surface area contributed by atoms with Crippen molar-refractivity contribution in [1.82, 2.24) is 25.4 Å². The predicted octanol–water partition coefficient (Wildman–Crippen LogP) is 2.55. The standard InChI is InChI=1S/C26H39N7/c1-3-27-26(30-24-11-13-32(14-12-24)21-22-7-5-4-6-8-22)29-20-23-9-10-25(28-19-23)33-17-15-31(2)16-18-33/h4-10,19,24H,3,11-18,20-21H2,1-2H3,(H2,27,29,30). The number of hydrogen-bond acceptors (Lipinski definition) is 5. The summed E-state index contributed by atoms with van der Waals surface area (Å²) in [6.07, 6.45) is 4.25. The molecule has 2 aromatic rings. The number of likely N-dealkylation sites (N-methyl/N-ethyl adjacent to an activating group) is 1. The second-order valence-electron chi connectivity index (χ2n) is 9.19. The SMILES string of the molecule is CCNC(=NCc1ccc(N2CCN(C)CC2)nc1)NC1CCN(Cc2ccccc2)CC1. The molecule has 0 bridgehead atoms. The van der Waals surface area contributed by atoms with E-state index in [9.17, 15) is 0 Å². The minimum atomic E-state index is 0.465. The fourth-order valence-corrected chi connectivity index (χ4v) is 4.49. The van der Waals surface area contributed by atoms with Crippen molar-refractivity contribution in [2.24, 2.45) is 4.99 Å². The maximum atomic E-state index is 4.84. The maximum absolute atomic E-state index is 4.84. The van der Waals surface area contributed by atoms with Crippen LogP contribution in [0.1, 0.15) is 30.9 Å². The van der Waals surface area contributed by atoms with Crippen molar-refractivity contribution >= 4 is 11.8 Å². The minimum Gasteiger partial charge on any atom is -0.357 e. The Morgan fingerprint density at radius 3 is 2.39 bits per heavy atom. The molecule has 1 aromatic carbocycles. The van der Waals surface area contributed by atoms with E-state index in [1.165, 1.54) is 5.56 Å². The van der Waals surface area contributed by atoms with Gasteiger partial charge in [-0.15, -0.1) is 0 Å². The minimum absolute atomic E-state index is 0.465. The van der Waals surface area contributed by atoms with E-state index in [2.05, 4.69) is 81.8 Å². The summed E-state index contributed by atoms with van der Waals surface area (Å²) >= 11 is 0. The Kier molecular flexibility index (Phi) is 8.55. The Morgan fingerprint density at radius 1 is 0.970 bits per heavy atom. The molecule has 0 aliphatic carbocycles. The lowest BCUT2D eigenvalue weighted by Crippen LogP contribution is -2.48. The molecule has 4 rings (SSSR count). The van der Waals surface area contributed by atoms with Gasteiger partial charge in [-0.2, -0.15) is 0 Å². The van der Waals surface area contributed by atoms with Crippen molar-refractivity contribution in [3.05, 3.63) is 59.8 Å². The zero-order valence-electron chi connectivity index (χ0n) is 20.2. The van der Waals surface area contributed by atoms with Crippen LogP contribution in [-0.4, -0.2) is 79.6 Å². The molecule has 33 heavy (non-hydrogen) atoms. The first-order chi connectivity index (χ1) is 16.2. The number of anilines is 1. The van der Waals surface area contributed by atoms with Crippen molar-refractivity contribution in [3.63, 3.8) is 0 Å². The smallest absolute Gasteiger partial charge is 0.191 e. The highest BCUT2D eigenvalue weighted by Crippen LogP contribution is 2.15. The molecule has 2 aliphatic rings. The van der Waals surface area contributed by atoms with Gasteiger partial charge < -0.3 is 20.4 Å². The highest BCUT2D eigenvalue weighted by atomic mass is 15.3. The highest BCUT2D eigenvalue weighted by Gasteiger charge is 2.20. The first-order valence-electron chi connectivity index (χ1n) is 12.4. The van der Waals surface area contributed by atoms with Crippen LogP contribution in [-0.2, 0) is 13.1 Å². The Balaban J connectivity index is 1.25. The quantitative estimate of drug-likeness (QED) is 0.501. The second kappa shape index (κ2) is 12.0. The van der Waals surface area contributed by atoms with Crippen molar-refractivity contribution in [2.45, 2.75) is 38.9 Å². The van der Waals surface area contributed by atoms with E-state index in [4.69, 9.17) is 9.98 Å². The Hall–Kier alpha value is -2.64. The number of guanidine groups is 1. The maximum Gasteiger partial charge on any atom is 0.191 e. The third kappa shape index (κ3) is 7.17. The van der Waals surface area contributed by atoms with Gasteiger partial charge >= 0.3 is 0 Å². The van der Waals surface area contributed by atoms with E-state index in [1.807, 2.05) is 6.20 Å². The molecule has 0 saturated carbocycles. The highest BCUT2D eigenvalue weighted by molar-refractivity contribution is 5.80. The van der Waals surface area contributed by atoms with Crippen LogP contribution >= 0.6 is 0 Å². The fraction of sp³-hybridized carbons (Fsp3) is 0.538. The lowest BCUT2D eigenvalue weighted by atomic mass is 10.0. The van der Waals surface area contributed by atoms with Crippen LogP contribution in [0, 0.1) is 0 Å². The third-order valence-electron chi connectivity index (χ3n) is 6.58. The number of piperidine rings is 1. The van der Waals surface area contributed by atoms with Crippen LogP contribution < -0.4 is 15.5 Å². The van der Waals surface area contributed by atoms with Crippen LogP contribution in [0.2, 0.25) is 0 Å². The molecule has 1 aromatic heterocycles. The zero-order valence-corrected chi connectivity index (χ0v) is 20.2. The lowest BCUT2D eigenvalue weighted by molar-refractivity contribution is 0.198. The summed E-state index contributed by atoms with van der Waals surface area (Å²) in [5, 5.41) is 7.07. The number of aliphatic imine (C=N–C) groups is 1. The van der Waals surface area contributed by atoms with Gasteiger partial charge in [0, 0.05) is 64.6 Å². The largest absolute Gasteiger partial charge is 0.357 e. The average molecular weight is 450 g/mol. The van der Waals surface area contributed by atoms with Crippen molar-refractivity contribution in [1.29, 1.82) is 0 Å². The number of benzene rings is 1. The lowest BCUT2D eigenvalue weighted by Gasteiger charge is -2.33. The van der Waals surface area contributed by atoms with Gasteiger partial charge in [-0.25, -0.2) is 9.98 Å².